The highest BCUT2D eigenvalue weighted by atomic mass is 32.2. The minimum Gasteiger partial charge on any atom is -0.249 e. The zero-order valence-electron chi connectivity index (χ0n) is 17.1. The zero-order chi connectivity index (χ0) is 22.4. The summed E-state index contributed by atoms with van der Waals surface area (Å²) in [5.74, 6) is 4.84. The third-order valence-electron chi connectivity index (χ3n) is 5.22. The first-order valence-electron chi connectivity index (χ1n) is 10.0. The predicted octanol–water partition coefficient (Wildman–Crippen LogP) is 3.41. The number of nitrogens with zero attached hydrogens (tertiary/aromatic N) is 4. The van der Waals surface area contributed by atoms with Crippen LogP contribution in [0.15, 0.2) is 71.1 Å². The predicted molar refractivity (Wildman–Crippen MR) is 122 cm³/mol. The van der Waals surface area contributed by atoms with Gasteiger partial charge < -0.3 is 0 Å². The Morgan fingerprint density at radius 1 is 1.06 bits per heavy atom. The maximum atomic E-state index is 12.7. The molecule has 0 bridgehead atoms. The SMILES string of the molecule is NOOSc1ccc(-c2cn(C3CCN(S(=O)(=O)C=Cc4ccccc4)CC3)nn2)cc1. The molecule has 3 aromatic rings. The second kappa shape index (κ2) is 10.4. The molecule has 168 valence electrons. The summed E-state index contributed by atoms with van der Waals surface area (Å²) in [6, 6.07) is 17.0. The lowest BCUT2D eigenvalue weighted by Crippen LogP contribution is -2.38. The van der Waals surface area contributed by atoms with Crippen LogP contribution < -0.4 is 5.90 Å². The molecule has 1 aliphatic heterocycles. The van der Waals surface area contributed by atoms with Crippen LogP contribution in [0, 0.1) is 0 Å². The van der Waals surface area contributed by atoms with Gasteiger partial charge in [0, 0.05) is 29.0 Å². The Kier molecular flexibility index (Phi) is 7.35. The first kappa shape index (κ1) is 22.6. The molecule has 2 heterocycles. The minimum atomic E-state index is -3.46. The van der Waals surface area contributed by atoms with Gasteiger partial charge in [0.2, 0.25) is 10.0 Å². The van der Waals surface area contributed by atoms with Crippen molar-refractivity contribution in [2.75, 3.05) is 13.1 Å². The molecule has 2 aromatic carbocycles. The maximum Gasteiger partial charge on any atom is 0.236 e. The minimum absolute atomic E-state index is 0.103. The highest BCUT2D eigenvalue weighted by molar-refractivity contribution is 7.94. The quantitative estimate of drug-likeness (QED) is 0.301. The average molecular weight is 474 g/mol. The summed E-state index contributed by atoms with van der Waals surface area (Å²) >= 11 is 1.01. The van der Waals surface area contributed by atoms with Gasteiger partial charge in [-0.3, -0.25) is 0 Å². The summed E-state index contributed by atoms with van der Waals surface area (Å²) in [4.78, 5) is 4.92. The van der Waals surface area contributed by atoms with Crippen molar-refractivity contribution in [1.82, 2.24) is 19.3 Å². The highest BCUT2D eigenvalue weighted by Crippen LogP contribution is 2.27. The van der Waals surface area contributed by atoms with Crippen molar-refractivity contribution in [2.24, 2.45) is 5.90 Å². The van der Waals surface area contributed by atoms with Crippen LogP contribution in [0.2, 0.25) is 0 Å². The standard InChI is InChI=1S/C21H23N5O4S2/c22-29-30-31-20-8-6-18(7-9-20)21-16-26(24-23-21)19-10-13-25(14-11-19)32(27,28)15-12-17-4-2-1-3-5-17/h1-9,12,15-16,19H,10-11,13-14,22H2. The highest BCUT2D eigenvalue weighted by Gasteiger charge is 2.27. The maximum absolute atomic E-state index is 12.7. The van der Waals surface area contributed by atoms with Gasteiger partial charge in [-0.05, 0) is 36.6 Å². The fraction of sp³-hybridized carbons (Fsp3) is 0.238. The summed E-state index contributed by atoms with van der Waals surface area (Å²) in [5.41, 5.74) is 2.52. The molecule has 1 aromatic heterocycles. The molecular weight excluding hydrogens is 450 g/mol. The molecule has 1 saturated heterocycles. The van der Waals surface area contributed by atoms with E-state index in [1.807, 2.05) is 65.5 Å². The normalized spacial score (nSPS) is 16.0. The third-order valence-corrected chi connectivity index (χ3v) is 7.40. The lowest BCUT2D eigenvalue weighted by atomic mass is 10.1. The molecule has 0 aliphatic carbocycles. The summed E-state index contributed by atoms with van der Waals surface area (Å²) in [7, 11) is -3.46. The van der Waals surface area contributed by atoms with Gasteiger partial charge in [-0.25, -0.2) is 13.1 Å². The van der Waals surface area contributed by atoms with Gasteiger partial charge in [0.15, 0.2) is 0 Å². The molecule has 0 radical (unpaired) electrons. The molecule has 9 nitrogen and oxygen atoms in total. The van der Waals surface area contributed by atoms with E-state index < -0.39 is 10.0 Å². The van der Waals surface area contributed by atoms with Crippen molar-refractivity contribution in [3.63, 3.8) is 0 Å². The molecule has 0 amide bonds. The van der Waals surface area contributed by atoms with Gasteiger partial charge in [0.1, 0.15) is 5.69 Å². The van der Waals surface area contributed by atoms with Gasteiger partial charge in [0.05, 0.1) is 24.3 Å². The van der Waals surface area contributed by atoms with E-state index in [2.05, 4.69) is 19.6 Å². The van der Waals surface area contributed by atoms with Gasteiger partial charge in [-0.2, -0.15) is 10.2 Å². The van der Waals surface area contributed by atoms with Crippen molar-refractivity contribution in [1.29, 1.82) is 0 Å². The Bertz CT molecular complexity index is 1140. The Balaban J connectivity index is 1.35. The first-order chi connectivity index (χ1) is 15.5. The van der Waals surface area contributed by atoms with Crippen LogP contribution in [0.25, 0.3) is 17.3 Å². The molecule has 32 heavy (non-hydrogen) atoms. The van der Waals surface area contributed by atoms with Crippen molar-refractivity contribution in [3.05, 3.63) is 71.8 Å². The van der Waals surface area contributed by atoms with Gasteiger partial charge in [0.25, 0.3) is 0 Å². The molecule has 4 rings (SSSR count). The fourth-order valence-electron chi connectivity index (χ4n) is 3.50. The number of hydrogen-bond acceptors (Lipinski definition) is 8. The number of aromatic nitrogens is 3. The zero-order valence-corrected chi connectivity index (χ0v) is 18.8. The molecular formula is C21H23N5O4S2. The summed E-state index contributed by atoms with van der Waals surface area (Å²) in [5, 5.41) is 9.82. The number of hydrogen-bond donors (Lipinski definition) is 1. The number of rotatable bonds is 8. The molecule has 1 fully saturated rings. The first-order valence-corrected chi connectivity index (χ1v) is 12.3. The molecule has 0 atom stereocenters. The molecule has 2 N–H and O–H groups in total. The van der Waals surface area contributed by atoms with E-state index in [-0.39, 0.29) is 6.04 Å². The Morgan fingerprint density at radius 3 is 2.47 bits per heavy atom. The van der Waals surface area contributed by atoms with Gasteiger partial charge in [-0.15, -0.1) is 14.4 Å². The second-order valence-electron chi connectivity index (χ2n) is 7.24. The van der Waals surface area contributed by atoms with Crippen molar-refractivity contribution < 1.29 is 17.7 Å². The average Bonchev–Trinajstić information content (AvgIpc) is 3.33. The van der Waals surface area contributed by atoms with Crippen LogP contribution in [-0.2, 0) is 19.3 Å². The van der Waals surface area contributed by atoms with Crippen LogP contribution >= 0.6 is 12.0 Å². The van der Waals surface area contributed by atoms with Gasteiger partial charge >= 0.3 is 0 Å². The van der Waals surface area contributed by atoms with E-state index in [1.165, 1.54) is 9.71 Å². The van der Waals surface area contributed by atoms with E-state index in [0.717, 1.165) is 33.8 Å². The molecule has 11 heteroatoms. The van der Waals surface area contributed by atoms with Crippen LogP contribution in [-0.4, -0.2) is 40.8 Å². The van der Waals surface area contributed by atoms with Crippen molar-refractivity contribution >= 4 is 28.1 Å². The molecule has 0 spiro atoms. The number of sulfonamides is 1. The lowest BCUT2D eigenvalue weighted by Gasteiger charge is -2.30. The summed E-state index contributed by atoms with van der Waals surface area (Å²) in [6.07, 6.45) is 4.87. The fourth-order valence-corrected chi connectivity index (χ4v) is 5.09. The Morgan fingerprint density at radius 2 is 1.78 bits per heavy atom. The van der Waals surface area contributed by atoms with Crippen molar-refractivity contribution in [3.8, 4) is 11.3 Å². The second-order valence-corrected chi connectivity index (χ2v) is 9.84. The monoisotopic (exact) mass is 473 g/mol. The number of piperidine rings is 1. The number of benzene rings is 2. The number of nitrogens with two attached hydrogens (primary N) is 1. The van der Waals surface area contributed by atoms with Crippen molar-refractivity contribution in [2.45, 2.75) is 23.8 Å². The molecule has 1 aliphatic rings. The summed E-state index contributed by atoms with van der Waals surface area (Å²) < 4.78 is 33.3. The molecule has 0 saturated carbocycles. The summed E-state index contributed by atoms with van der Waals surface area (Å²) in [6.45, 7) is 0.882. The van der Waals surface area contributed by atoms with E-state index in [0.29, 0.717) is 25.9 Å². The lowest BCUT2D eigenvalue weighted by molar-refractivity contribution is -0.195. The van der Waals surface area contributed by atoms with Crippen LogP contribution in [0.1, 0.15) is 24.4 Å². The van der Waals surface area contributed by atoms with Gasteiger partial charge in [-0.1, -0.05) is 47.7 Å². The van der Waals surface area contributed by atoms with E-state index in [1.54, 1.807) is 6.08 Å². The smallest absolute Gasteiger partial charge is 0.236 e. The van der Waals surface area contributed by atoms with E-state index in [9.17, 15) is 8.42 Å². The van der Waals surface area contributed by atoms with E-state index in [4.69, 9.17) is 5.90 Å². The molecule has 0 unspecified atom stereocenters. The Labute approximate surface area is 191 Å². The van der Waals surface area contributed by atoms with Crippen LogP contribution in [0.5, 0.6) is 0 Å². The largest absolute Gasteiger partial charge is 0.249 e. The third kappa shape index (κ3) is 5.63. The van der Waals surface area contributed by atoms with Crippen LogP contribution in [0.3, 0.4) is 0 Å². The Hall–Kier alpha value is -2.54. The van der Waals surface area contributed by atoms with Crippen LogP contribution in [0.4, 0.5) is 0 Å². The topological polar surface area (TPSA) is 113 Å². The van der Waals surface area contributed by atoms with E-state index >= 15 is 0 Å².